The molecule has 0 bridgehead atoms. The van der Waals surface area contributed by atoms with Crippen LogP contribution in [0.15, 0.2) is 24.4 Å². The van der Waals surface area contributed by atoms with Crippen LogP contribution >= 0.6 is 0 Å². The first-order valence-electron chi connectivity index (χ1n) is 7.10. The molecule has 106 valence electrons. The lowest BCUT2D eigenvalue weighted by atomic mass is 9.75. The standard InChI is InChI=1S/C16H21N3O/c1-11-7-13-14(8-16(2,3)9-15(13)20)19(11)10-12-5-4-6-17-18-12/h4-7,15,20H,8-10H2,1-3H3. The van der Waals surface area contributed by atoms with Crippen LogP contribution in [0.1, 0.15) is 49.0 Å². The molecule has 2 aromatic heterocycles. The van der Waals surface area contributed by atoms with Gasteiger partial charge in [-0.25, -0.2) is 0 Å². The van der Waals surface area contributed by atoms with Crippen molar-refractivity contribution in [3.05, 3.63) is 47.0 Å². The Hall–Kier alpha value is -1.68. The molecule has 1 unspecified atom stereocenters. The highest BCUT2D eigenvalue weighted by Gasteiger charge is 2.34. The Bertz CT molecular complexity index is 616. The quantitative estimate of drug-likeness (QED) is 0.913. The van der Waals surface area contributed by atoms with Crippen LogP contribution in [0, 0.1) is 12.3 Å². The Balaban J connectivity index is 2.01. The zero-order valence-electron chi connectivity index (χ0n) is 12.3. The average Bonchev–Trinajstić information content (AvgIpc) is 2.67. The van der Waals surface area contributed by atoms with E-state index >= 15 is 0 Å². The molecule has 0 aromatic carbocycles. The number of nitrogens with zero attached hydrogens (tertiary/aromatic N) is 3. The van der Waals surface area contributed by atoms with Gasteiger partial charge in [-0.3, -0.25) is 0 Å². The molecule has 0 fully saturated rings. The molecule has 2 heterocycles. The molecular weight excluding hydrogens is 250 g/mol. The molecule has 0 saturated heterocycles. The number of fused-ring (bicyclic) bond motifs is 1. The highest BCUT2D eigenvalue weighted by Crippen LogP contribution is 2.42. The third-order valence-electron chi connectivity index (χ3n) is 4.15. The molecule has 3 rings (SSSR count). The Labute approximate surface area is 119 Å². The van der Waals surface area contributed by atoms with Crippen LogP contribution in [0.4, 0.5) is 0 Å². The molecular formula is C16H21N3O. The monoisotopic (exact) mass is 271 g/mol. The fraction of sp³-hybridized carbons (Fsp3) is 0.500. The lowest BCUT2D eigenvalue weighted by molar-refractivity contribution is 0.0981. The highest BCUT2D eigenvalue weighted by atomic mass is 16.3. The van der Waals surface area contributed by atoms with Gasteiger partial charge in [0.05, 0.1) is 18.3 Å². The van der Waals surface area contributed by atoms with Crippen molar-refractivity contribution in [2.75, 3.05) is 0 Å². The van der Waals surface area contributed by atoms with Crippen molar-refractivity contribution in [1.82, 2.24) is 14.8 Å². The molecule has 0 radical (unpaired) electrons. The van der Waals surface area contributed by atoms with Crippen molar-refractivity contribution in [2.24, 2.45) is 5.41 Å². The summed E-state index contributed by atoms with van der Waals surface area (Å²) in [5.74, 6) is 0. The Morgan fingerprint density at radius 3 is 2.95 bits per heavy atom. The Morgan fingerprint density at radius 2 is 2.25 bits per heavy atom. The van der Waals surface area contributed by atoms with E-state index in [0.29, 0.717) is 0 Å². The fourth-order valence-electron chi connectivity index (χ4n) is 3.20. The van der Waals surface area contributed by atoms with Crippen LogP contribution in [-0.2, 0) is 13.0 Å². The first-order valence-corrected chi connectivity index (χ1v) is 7.10. The number of rotatable bonds is 2. The zero-order chi connectivity index (χ0) is 14.3. The zero-order valence-corrected chi connectivity index (χ0v) is 12.3. The van der Waals surface area contributed by atoms with Gasteiger partial charge in [0.15, 0.2) is 0 Å². The molecule has 1 aliphatic rings. The molecule has 0 saturated carbocycles. The SMILES string of the molecule is Cc1cc2c(n1Cc1cccnn1)CC(C)(C)CC2O. The number of aliphatic hydroxyl groups excluding tert-OH is 1. The first-order chi connectivity index (χ1) is 9.46. The Morgan fingerprint density at radius 1 is 1.45 bits per heavy atom. The third-order valence-corrected chi connectivity index (χ3v) is 4.15. The molecule has 4 heteroatoms. The van der Waals surface area contributed by atoms with E-state index in [1.807, 2.05) is 12.1 Å². The number of hydrogen-bond donors (Lipinski definition) is 1. The molecule has 1 N–H and O–H groups in total. The van der Waals surface area contributed by atoms with E-state index in [2.05, 4.69) is 41.6 Å². The van der Waals surface area contributed by atoms with E-state index < -0.39 is 0 Å². The number of aliphatic hydroxyl groups is 1. The van der Waals surface area contributed by atoms with Gasteiger partial charge in [0.2, 0.25) is 0 Å². The van der Waals surface area contributed by atoms with Crippen LogP contribution in [0.3, 0.4) is 0 Å². The lowest BCUT2D eigenvalue weighted by Gasteiger charge is -2.34. The van der Waals surface area contributed by atoms with Crippen LogP contribution in [-0.4, -0.2) is 19.9 Å². The minimum atomic E-state index is -0.351. The Kier molecular flexibility index (Phi) is 3.13. The first kappa shape index (κ1) is 13.3. The molecule has 0 aliphatic heterocycles. The van der Waals surface area contributed by atoms with Crippen molar-refractivity contribution in [1.29, 1.82) is 0 Å². The summed E-state index contributed by atoms with van der Waals surface area (Å²) in [6, 6.07) is 6.02. The topological polar surface area (TPSA) is 50.9 Å². The van der Waals surface area contributed by atoms with Gasteiger partial charge in [0.25, 0.3) is 0 Å². The summed E-state index contributed by atoms with van der Waals surface area (Å²) < 4.78 is 2.27. The number of aromatic nitrogens is 3. The van der Waals surface area contributed by atoms with Crippen LogP contribution in [0.5, 0.6) is 0 Å². The second-order valence-corrected chi connectivity index (χ2v) is 6.55. The highest BCUT2D eigenvalue weighted by molar-refractivity contribution is 5.33. The average molecular weight is 271 g/mol. The van der Waals surface area contributed by atoms with Gasteiger partial charge in [-0.15, -0.1) is 0 Å². The van der Waals surface area contributed by atoms with Crippen molar-refractivity contribution < 1.29 is 5.11 Å². The van der Waals surface area contributed by atoms with Crippen molar-refractivity contribution >= 4 is 0 Å². The molecule has 0 spiro atoms. The number of aryl methyl sites for hydroxylation is 1. The maximum Gasteiger partial charge on any atom is 0.0828 e. The van der Waals surface area contributed by atoms with Crippen LogP contribution in [0.25, 0.3) is 0 Å². The molecule has 2 aromatic rings. The van der Waals surface area contributed by atoms with E-state index in [1.54, 1.807) is 6.20 Å². The van der Waals surface area contributed by atoms with E-state index in [-0.39, 0.29) is 11.5 Å². The van der Waals surface area contributed by atoms with Crippen LogP contribution < -0.4 is 0 Å². The minimum absolute atomic E-state index is 0.136. The van der Waals surface area contributed by atoms with Crippen molar-refractivity contribution in [3.8, 4) is 0 Å². The second-order valence-electron chi connectivity index (χ2n) is 6.55. The van der Waals surface area contributed by atoms with E-state index in [1.165, 1.54) is 11.4 Å². The summed E-state index contributed by atoms with van der Waals surface area (Å²) in [6.07, 6.45) is 3.16. The molecule has 1 aliphatic carbocycles. The maximum absolute atomic E-state index is 10.4. The number of hydrogen-bond acceptors (Lipinski definition) is 3. The van der Waals surface area contributed by atoms with Crippen molar-refractivity contribution in [2.45, 2.75) is 46.3 Å². The van der Waals surface area contributed by atoms with E-state index in [9.17, 15) is 5.11 Å². The predicted octanol–water partition coefficient (Wildman–Crippen LogP) is 2.64. The molecule has 4 nitrogen and oxygen atoms in total. The molecule has 20 heavy (non-hydrogen) atoms. The normalized spacial score (nSPS) is 20.7. The van der Waals surface area contributed by atoms with Gasteiger partial charge in [0.1, 0.15) is 0 Å². The van der Waals surface area contributed by atoms with Crippen molar-refractivity contribution in [3.63, 3.8) is 0 Å². The maximum atomic E-state index is 10.4. The summed E-state index contributed by atoms with van der Waals surface area (Å²) in [7, 11) is 0. The smallest absolute Gasteiger partial charge is 0.0828 e. The van der Waals surface area contributed by atoms with E-state index in [0.717, 1.165) is 30.6 Å². The van der Waals surface area contributed by atoms with Gasteiger partial charge in [-0.05, 0) is 43.4 Å². The predicted molar refractivity (Wildman–Crippen MR) is 77.4 cm³/mol. The minimum Gasteiger partial charge on any atom is -0.388 e. The molecule has 0 amide bonds. The third kappa shape index (κ3) is 2.36. The summed E-state index contributed by atoms with van der Waals surface area (Å²) >= 11 is 0. The molecule has 1 atom stereocenters. The van der Waals surface area contributed by atoms with Gasteiger partial charge >= 0.3 is 0 Å². The summed E-state index contributed by atoms with van der Waals surface area (Å²) in [6.45, 7) is 7.24. The van der Waals surface area contributed by atoms with Gasteiger partial charge < -0.3 is 9.67 Å². The summed E-state index contributed by atoms with van der Waals surface area (Å²) in [4.78, 5) is 0. The summed E-state index contributed by atoms with van der Waals surface area (Å²) in [5.41, 5.74) is 4.60. The van der Waals surface area contributed by atoms with Gasteiger partial charge in [0, 0.05) is 23.1 Å². The van der Waals surface area contributed by atoms with Gasteiger partial charge in [-0.1, -0.05) is 13.8 Å². The van der Waals surface area contributed by atoms with E-state index in [4.69, 9.17) is 0 Å². The largest absolute Gasteiger partial charge is 0.388 e. The fourth-order valence-corrected chi connectivity index (χ4v) is 3.20. The van der Waals surface area contributed by atoms with Gasteiger partial charge in [-0.2, -0.15) is 10.2 Å². The van der Waals surface area contributed by atoms with Crippen LogP contribution in [0.2, 0.25) is 0 Å². The lowest BCUT2D eigenvalue weighted by Crippen LogP contribution is -2.27. The summed E-state index contributed by atoms with van der Waals surface area (Å²) in [5, 5.41) is 18.5. The second kappa shape index (κ2) is 4.70.